The number of aromatic amines is 1. The molecule has 0 saturated carbocycles. The van der Waals surface area contributed by atoms with Crippen LogP contribution in [0.5, 0.6) is 0 Å². The van der Waals surface area contributed by atoms with Gasteiger partial charge in [0.15, 0.2) is 0 Å². The molecular formula is C25H21FN4O2. The van der Waals surface area contributed by atoms with E-state index in [2.05, 4.69) is 20.6 Å². The maximum absolute atomic E-state index is 13.2. The SMILES string of the molecule is Cc1ccc(NCc2cc(-c3ccc(F)cc3)c[nH]c2=O)cc1NC(=O)c1ccncc1. The van der Waals surface area contributed by atoms with Crippen molar-refractivity contribution in [2.45, 2.75) is 13.5 Å². The van der Waals surface area contributed by atoms with Crippen molar-refractivity contribution >= 4 is 17.3 Å². The molecule has 0 fully saturated rings. The molecule has 0 bridgehead atoms. The fraction of sp³-hybridized carbons (Fsp3) is 0.0800. The van der Waals surface area contributed by atoms with Gasteiger partial charge in [0, 0.05) is 47.6 Å². The van der Waals surface area contributed by atoms with Crippen molar-refractivity contribution in [1.29, 1.82) is 0 Å². The highest BCUT2D eigenvalue weighted by atomic mass is 19.1. The van der Waals surface area contributed by atoms with Crippen LogP contribution >= 0.6 is 0 Å². The first kappa shape index (κ1) is 21.0. The minimum Gasteiger partial charge on any atom is -0.381 e. The van der Waals surface area contributed by atoms with Gasteiger partial charge >= 0.3 is 0 Å². The molecule has 0 unspecified atom stereocenters. The predicted molar refractivity (Wildman–Crippen MR) is 123 cm³/mol. The standard InChI is InChI=1S/C25H21FN4O2/c1-16-2-7-22(13-23(16)30-25(32)18-8-10-27-11-9-18)28-15-20-12-19(14-29-24(20)31)17-3-5-21(26)6-4-17/h2-14,28H,15H2,1H3,(H,29,31)(H,30,32). The molecule has 0 aliphatic heterocycles. The molecule has 1 amide bonds. The molecule has 0 aliphatic carbocycles. The number of carbonyl (C=O) groups is 1. The van der Waals surface area contributed by atoms with E-state index in [1.165, 1.54) is 12.1 Å². The number of hydrogen-bond donors (Lipinski definition) is 3. The maximum Gasteiger partial charge on any atom is 0.255 e. The van der Waals surface area contributed by atoms with Crippen LogP contribution in [0.1, 0.15) is 21.5 Å². The number of H-pyrrole nitrogens is 1. The topological polar surface area (TPSA) is 86.9 Å². The van der Waals surface area contributed by atoms with Gasteiger partial charge in [0.1, 0.15) is 5.82 Å². The average molecular weight is 428 g/mol. The summed E-state index contributed by atoms with van der Waals surface area (Å²) in [6.45, 7) is 2.19. The quantitative estimate of drug-likeness (QED) is 0.414. The molecule has 2 aromatic carbocycles. The van der Waals surface area contributed by atoms with Gasteiger partial charge in [-0.2, -0.15) is 0 Å². The summed E-state index contributed by atoms with van der Waals surface area (Å²) in [5.41, 5.74) is 4.78. The maximum atomic E-state index is 13.2. The Morgan fingerprint density at radius 3 is 2.50 bits per heavy atom. The minimum absolute atomic E-state index is 0.207. The summed E-state index contributed by atoms with van der Waals surface area (Å²) in [4.78, 5) is 31.4. The van der Waals surface area contributed by atoms with Crippen LogP contribution in [0, 0.1) is 12.7 Å². The van der Waals surface area contributed by atoms with Crippen LogP contribution < -0.4 is 16.2 Å². The van der Waals surface area contributed by atoms with Crippen molar-refractivity contribution in [2.75, 3.05) is 10.6 Å². The minimum atomic E-state index is -0.314. The van der Waals surface area contributed by atoms with E-state index in [-0.39, 0.29) is 23.8 Å². The molecule has 4 rings (SSSR count). The van der Waals surface area contributed by atoms with Crippen molar-refractivity contribution in [3.05, 3.63) is 112 Å². The van der Waals surface area contributed by atoms with Crippen LogP contribution in [0.3, 0.4) is 0 Å². The van der Waals surface area contributed by atoms with E-state index in [0.29, 0.717) is 16.8 Å². The average Bonchev–Trinajstić information content (AvgIpc) is 2.81. The highest BCUT2D eigenvalue weighted by Crippen LogP contribution is 2.22. The van der Waals surface area contributed by atoms with E-state index in [4.69, 9.17) is 0 Å². The Labute approximate surface area is 184 Å². The highest BCUT2D eigenvalue weighted by molar-refractivity contribution is 6.04. The molecule has 3 N–H and O–H groups in total. The van der Waals surface area contributed by atoms with Gasteiger partial charge in [-0.3, -0.25) is 14.6 Å². The molecule has 0 spiro atoms. The molecule has 32 heavy (non-hydrogen) atoms. The van der Waals surface area contributed by atoms with Crippen molar-refractivity contribution < 1.29 is 9.18 Å². The number of benzene rings is 2. The molecule has 4 aromatic rings. The summed E-state index contributed by atoms with van der Waals surface area (Å²) in [6, 6.07) is 16.8. The Hall–Kier alpha value is -4.26. The monoisotopic (exact) mass is 428 g/mol. The molecule has 160 valence electrons. The van der Waals surface area contributed by atoms with Crippen LogP contribution in [-0.4, -0.2) is 15.9 Å². The lowest BCUT2D eigenvalue weighted by atomic mass is 10.1. The lowest BCUT2D eigenvalue weighted by Crippen LogP contribution is -2.16. The summed E-state index contributed by atoms with van der Waals surface area (Å²) in [7, 11) is 0. The van der Waals surface area contributed by atoms with Gasteiger partial charge in [0.2, 0.25) is 0 Å². The van der Waals surface area contributed by atoms with Crippen LogP contribution in [0.2, 0.25) is 0 Å². The summed E-state index contributed by atoms with van der Waals surface area (Å²) in [5, 5.41) is 6.14. The molecule has 0 saturated heterocycles. The summed E-state index contributed by atoms with van der Waals surface area (Å²) in [5.74, 6) is -0.539. The molecule has 0 radical (unpaired) electrons. The Bertz CT molecular complexity index is 1300. The molecule has 2 aromatic heterocycles. The number of nitrogens with zero attached hydrogens (tertiary/aromatic N) is 1. The van der Waals surface area contributed by atoms with Gasteiger partial charge in [0.25, 0.3) is 11.5 Å². The third-order valence-electron chi connectivity index (χ3n) is 5.07. The number of nitrogens with one attached hydrogen (secondary N) is 3. The largest absolute Gasteiger partial charge is 0.381 e. The van der Waals surface area contributed by atoms with Gasteiger partial charge in [-0.15, -0.1) is 0 Å². The zero-order valence-corrected chi connectivity index (χ0v) is 17.4. The first-order valence-electron chi connectivity index (χ1n) is 10.0. The smallest absolute Gasteiger partial charge is 0.255 e. The van der Waals surface area contributed by atoms with Crippen LogP contribution in [0.25, 0.3) is 11.1 Å². The number of rotatable bonds is 6. The van der Waals surface area contributed by atoms with E-state index in [1.807, 2.05) is 25.1 Å². The van der Waals surface area contributed by atoms with Crippen molar-refractivity contribution in [3.63, 3.8) is 0 Å². The van der Waals surface area contributed by atoms with Crippen molar-refractivity contribution in [3.8, 4) is 11.1 Å². The first-order chi connectivity index (χ1) is 15.5. The molecule has 6 nitrogen and oxygen atoms in total. The number of aryl methyl sites for hydroxylation is 1. The number of halogens is 1. The van der Waals surface area contributed by atoms with Crippen LogP contribution in [-0.2, 0) is 6.54 Å². The molecular weight excluding hydrogens is 407 g/mol. The zero-order chi connectivity index (χ0) is 22.5. The Kier molecular flexibility index (Phi) is 6.07. The number of anilines is 2. The number of carbonyl (C=O) groups excluding carboxylic acids is 1. The Morgan fingerprint density at radius 2 is 1.75 bits per heavy atom. The molecule has 7 heteroatoms. The third-order valence-corrected chi connectivity index (χ3v) is 5.07. The number of aromatic nitrogens is 2. The summed E-state index contributed by atoms with van der Waals surface area (Å²) in [6.07, 6.45) is 4.74. The molecule has 0 aliphatic rings. The highest BCUT2D eigenvalue weighted by Gasteiger charge is 2.09. The Balaban J connectivity index is 1.50. The number of amides is 1. The second-order valence-electron chi connectivity index (χ2n) is 7.32. The zero-order valence-electron chi connectivity index (χ0n) is 17.4. The molecule has 0 atom stereocenters. The van der Waals surface area contributed by atoms with Gasteiger partial charge < -0.3 is 15.6 Å². The van der Waals surface area contributed by atoms with Gasteiger partial charge in [-0.25, -0.2) is 4.39 Å². The lowest BCUT2D eigenvalue weighted by molar-refractivity contribution is 0.102. The second-order valence-corrected chi connectivity index (χ2v) is 7.32. The van der Waals surface area contributed by atoms with Gasteiger partial charge in [-0.05, 0) is 66.1 Å². The number of pyridine rings is 2. The lowest BCUT2D eigenvalue weighted by Gasteiger charge is -2.12. The first-order valence-corrected chi connectivity index (χ1v) is 10.0. The van der Waals surface area contributed by atoms with Gasteiger partial charge in [-0.1, -0.05) is 18.2 Å². The van der Waals surface area contributed by atoms with Crippen molar-refractivity contribution in [2.24, 2.45) is 0 Å². The Morgan fingerprint density at radius 1 is 1.00 bits per heavy atom. The summed E-state index contributed by atoms with van der Waals surface area (Å²) < 4.78 is 13.2. The van der Waals surface area contributed by atoms with Crippen molar-refractivity contribution in [1.82, 2.24) is 9.97 Å². The van der Waals surface area contributed by atoms with E-state index in [0.717, 1.165) is 22.4 Å². The van der Waals surface area contributed by atoms with Gasteiger partial charge in [0.05, 0.1) is 0 Å². The fourth-order valence-electron chi connectivity index (χ4n) is 3.23. The number of hydrogen-bond acceptors (Lipinski definition) is 4. The predicted octanol–water partition coefficient (Wildman–Crippen LogP) is 4.75. The van der Waals surface area contributed by atoms with E-state index >= 15 is 0 Å². The van der Waals surface area contributed by atoms with E-state index in [9.17, 15) is 14.0 Å². The second kappa shape index (κ2) is 9.26. The van der Waals surface area contributed by atoms with Crippen LogP contribution in [0.15, 0.2) is 84.0 Å². The van der Waals surface area contributed by atoms with E-state index in [1.54, 1.807) is 48.9 Å². The summed E-state index contributed by atoms with van der Waals surface area (Å²) >= 11 is 0. The van der Waals surface area contributed by atoms with Crippen LogP contribution in [0.4, 0.5) is 15.8 Å². The fourth-order valence-corrected chi connectivity index (χ4v) is 3.23. The van der Waals surface area contributed by atoms with E-state index < -0.39 is 0 Å². The third kappa shape index (κ3) is 4.89. The molecule has 2 heterocycles. The normalized spacial score (nSPS) is 10.6.